The van der Waals surface area contributed by atoms with Crippen LogP contribution in [0, 0.1) is 11.8 Å². The van der Waals surface area contributed by atoms with Crippen molar-refractivity contribution in [3.8, 4) is 5.75 Å². The zero-order valence-corrected chi connectivity index (χ0v) is 12.5. The molecule has 2 heterocycles. The molecular weight excluding hydrogens is 268 g/mol. The number of carbonyl (C=O) groups is 1. The lowest BCUT2D eigenvalue weighted by Gasteiger charge is -2.22. The Labute approximate surface area is 125 Å². The maximum Gasteiger partial charge on any atom is 0.254 e. The molecule has 2 aliphatic heterocycles. The highest BCUT2D eigenvalue weighted by Crippen LogP contribution is 2.34. The van der Waals surface area contributed by atoms with Crippen LogP contribution in [-0.2, 0) is 4.74 Å². The Balaban J connectivity index is 1.68. The van der Waals surface area contributed by atoms with Crippen LogP contribution in [0.1, 0.15) is 10.4 Å². The van der Waals surface area contributed by atoms with E-state index < -0.39 is 0 Å². The first-order valence-corrected chi connectivity index (χ1v) is 7.39. The Morgan fingerprint density at radius 3 is 2.95 bits per heavy atom. The van der Waals surface area contributed by atoms with E-state index in [1.165, 1.54) is 6.07 Å². The highest BCUT2D eigenvalue weighted by Gasteiger charge is 2.45. The predicted octanol–water partition coefficient (Wildman–Crippen LogP) is 1.04. The summed E-state index contributed by atoms with van der Waals surface area (Å²) in [5.74, 6) is 1.02. The molecule has 1 aromatic carbocycles. The molecule has 0 aromatic heterocycles. The van der Waals surface area contributed by atoms with Crippen LogP contribution in [0.5, 0.6) is 5.75 Å². The van der Waals surface area contributed by atoms with E-state index in [-0.39, 0.29) is 17.8 Å². The van der Waals surface area contributed by atoms with Gasteiger partial charge in [-0.3, -0.25) is 4.79 Å². The fourth-order valence-corrected chi connectivity index (χ4v) is 3.44. The Kier molecular flexibility index (Phi) is 3.87. The van der Waals surface area contributed by atoms with Gasteiger partial charge in [-0.2, -0.15) is 0 Å². The molecule has 0 aliphatic carbocycles. The molecule has 0 spiro atoms. The molecule has 2 aliphatic rings. The lowest BCUT2D eigenvalue weighted by Crippen LogP contribution is -2.33. The van der Waals surface area contributed by atoms with Crippen LogP contribution in [0.25, 0.3) is 0 Å². The highest BCUT2D eigenvalue weighted by molar-refractivity contribution is 5.94. The summed E-state index contributed by atoms with van der Waals surface area (Å²) >= 11 is 0. The van der Waals surface area contributed by atoms with E-state index in [0.29, 0.717) is 23.9 Å². The van der Waals surface area contributed by atoms with E-state index in [1.54, 1.807) is 18.2 Å². The van der Waals surface area contributed by atoms with E-state index >= 15 is 0 Å². The molecule has 5 heteroatoms. The number of rotatable bonds is 3. The lowest BCUT2D eigenvalue weighted by atomic mass is 9.93. The molecule has 114 valence electrons. The van der Waals surface area contributed by atoms with Crippen molar-refractivity contribution in [2.45, 2.75) is 6.10 Å². The summed E-state index contributed by atoms with van der Waals surface area (Å²) in [4.78, 5) is 16.5. The average molecular weight is 290 g/mol. The van der Waals surface area contributed by atoms with Gasteiger partial charge in [-0.25, -0.2) is 0 Å². The Hall–Kier alpha value is -1.59. The fraction of sp³-hybridized carbons (Fsp3) is 0.562. The van der Waals surface area contributed by atoms with Crippen LogP contribution < -0.4 is 0 Å². The van der Waals surface area contributed by atoms with E-state index in [4.69, 9.17) is 4.74 Å². The van der Waals surface area contributed by atoms with Crippen molar-refractivity contribution in [3.05, 3.63) is 29.8 Å². The van der Waals surface area contributed by atoms with Gasteiger partial charge in [-0.1, -0.05) is 6.07 Å². The minimum absolute atomic E-state index is 0.0208. The van der Waals surface area contributed by atoms with E-state index in [9.17, 15) is 9.90 Å². The number of ether oxygens (including phenoxy) is 1. The van der Waals surface area contributed by atoms with Crippen molar-refractivity contribution >= 4 is 5.91 Å². The summed E-state index contributed by atoms with van der Waals surface area (Å²) in [5.41, 5.74) is 0.541. The SMILES string of the molecule is CN(C)C[C@@H]1CO[C@@H]2CN(C(=O)c3cccc(O)c3)C[C@H]12. The zero-order valence-electron chi connectivity index (χ0n) is 12.5. The van der Waals surface area contributed by atoms with Crippen LogP contribution in [-0.4, -0.2) is 67.3 Å². The molecule has 0 radical (unpaired) electrons. The molecule has 5 nitrogen and oxygen atoms in total. The molecule has 0 unspecified atom stereocenters. The van der Waals surface area contributed by atoms with E-state index in [2.05, 4.69) is 19.0 Å². The van der Waals surface area contributed by atoms with Crippen LogP contribution in [0.3, 0.4) is 0 Å². The van der Waals surface area contributed by atoms with Gasteiger partial charge in [-0.05, 0) is 32.3 Å². The van der Waals surface area contributed by atoms with Crippen LogP contribution in [0.4, 0.5) is 0 Å². The molecule has 3 atom stereocenters. The van der Waals surface area contributed by atoms with Gasteiger partial charge in [0.15, 0.2) is 0 Å². The van der Waals surface area contributed by atoms with Crippen molar-refractivity contribution in [1.29, 1.82) is 0 Å². The second-order valence-electron chi connectivity index (χ2n) is 6.32. The molecule has 2 saturated heterocycles. The second kappa shape index (κ2) is 5.66. The summed E-state index contributed by atoms with van der Waals surface area (Å²) in [6, 6.07) is 6.54. The molecule has 0 saturated carbocycles. The summed E-state index contributed by atoms with van der Waals surface area (Å²) in [5, 5.41) is 9.51. The number of carbonyl (C=O) groups excluding carboxylic acids is 1. The van der Waals surface area contributed by atoms with Crippen molar-refractivity contribution in [2.75, 3.05) is 40.3 Å². The Morgan fingerprint density at radius 2 is 2.24 bits per heavy atom. The lowest BCUT2D eigenvalue weighted by molar-refractivity contribution is 0.0670. The van der Waals surface area contributed by atoms with Crippen molar-refractivity contribution in [2.24, 2.45) is 11.8 Å². The maximum absolute atomic E-state index is 12.5. The minimum atomic E-state index is -0.0208. The average Bonchev–Trinajstić information content (AvgIpc) is 2.99. The number of phenolic OH excluding ortho intramolecular Hbond substituents is 1. The Morgan fingerprint density at radius 1 is 1.43 bits per heavy atom. The van der Waals surface area contributed by atoms with Gasteiger partial charge in [0.2, 0.25) is 0 Å². The summed E-state index contributed by atoms with van der Waals surface area (Å²) in [6.45, 7) is 3.19. The maximum atomic E-state index is 12.5. The van der Waals surface area contributed by atoms with Gasteiger partial charge in [0.1, 0.15) is 5.75 Å². The number of nitrogens with zero attached hydrogens (tertiary/aromatic N) is 2. The van der Waals surface area contributed by atoms with Crippen LogP contribution >= 0.6 is 0 Å². The van der Waals surface area contributed by atoms with Gasteiger partial charge in [0.25, 0.3) is 5.91 Å². The molecule has 2 fully saturated rings. The van der Waals surface area contributed by atoms with Gasteiger partial charge in [0.05, 0.1) is 12.7 Å². The topological polar surface area (TPSA) is 53.0 Å². The number of fused-ring (bicyclic) bond motifs is 1. The first kappa shape index (κ1) is 14.4. The number of amides is 1. The first-order chi connectivity index (χ1) is 10.0. The van der Waals surface area contributed by atoms with Gasteiger partial charge in [-0.15, -0.1) is 0 Å². The number of phenols is 1. The Bertz CT molecular complexity index is 532. The van der Waals surface area contributed by atoms with Gasteiger partial charge in [0, 0.05) is 37.0 Å². The van der Waals surface area contributed by atoms with Crippen molar-refractivity contribution in [1.82, 2.24) is 9.80 Å². The zero-order chi connectivity index (χ0) is 15.0. The second-order valence-corrected chi connectivity index (χ2v) is 6.32. The van der Waals surface area contributed by atoms with Gasteiger partial charge < -0.3 is 19.6 Å². The number of aromatic hydroxyl groups is 1. The molecule has 21 heavy (non-hydrogen) atoms. The van der Waals surface area contributed by atoms with Crippen molar-refractivity contribution in [3.63, 3.8) is 0 Å². The summed E-state index contributed by atoms with van der Waals surface area (Å²) in [7, 11) is 4.13. The minimum Gasteiger partial charge on any atom is -0.508 e. The fourth-order valence-electron chi connectivity index (χ4n) is 3.44. The number of likely N-dealkylation sites (tertiary alicyclic amines) is 1. The number of benzene rings is 1. The molecule has 3 rings (SSSR count). The predicted molar refractivity (Wildman–Crippen MR) is 79.3 cm³/mol. The van der Waals surface area contributed by atoms with E-state index in [1.807, 2.05) is 4.90 Å². The number of hydrogen-bond acceptors (Lipinski definition) is 4. The third-order valence-corrected chi connectivity index (χ3v) is 4.42. The number of hydrogen-bond donors (Lipinski definition) is 1. The summed E-state index contributed by atoms with van der Waals surface area (Å²) in [6.07, 6.45) is 0.163. The molecular formula is C16H22N2O3. The third kappa shape index (κ3) is 2.89. The van der Waals surface area contributed by atoms with Crippen LogP contribution in [0.2, 0.25) is 0 Å². The third-order valence-electron chi connectivity index (χ3n) is 4.42. The first-order valence-electron chi connectivity index (χ1n) is 7.39. The summed E-state index contributed by atoms with van der Waals surface area (Å²) < 4.78 is 5.86. The quantitative estimate of drug-likeness (QED) is 0.904. The largest absolute Gasteiger partial charge is 0.508 e. The highest BCUT2D eigenvalue weighted by atomic mass is 16.5. The van der Waals surface area contributed by atoms with Crippen molar-refractivity contribution < 1.29 is 14.6 Å². The van der Waals surface area contributed by atoms with Gasteiger partial charge >= 0.3 is 0 Å². The standard InChI is InChI=1S/C16H22N2O3/c1-17(2)7-12-10-21-15-9-18(8-14(12)15)16(20)11-4-3-5-13(19)6-11/h3-6,12,14-15,19H,7-10H2,1-2H3/t12-,14-,15-/m1/s1. The molecule has 1 N–H and O–H groups in total. The van der Waals surface area contributed by atoms with Crippen LogP contribution in [0.15, 0.2) is 24.3 Å². The normalized spacial score (nSPS) is 28.1. The smallest absolute Gasteiger partial charge is 0.254 e. The molecule has 1 aromatic rings. The molecule has 1 amide bonds. The monoisotopic (exact) mass is 290 g/mol. The molecule has 0 bridgehead atoms. The van der Waals surface area contributed by atoms with E-state index in [0.717, 1.165) is 19.7 Å².